The summed E-state index contributed by atoms with van der Waals surface area (Å²) in [4.78, 5) is 40.2. The zero-order valence-electron chi connectivity index (χ0n) is 15.2. The van der Waals surface area contributed by atoms with Crippen molar-refractivity contribution in [3.8, 4) is 0 Å². The molecule has 2 aromatic rings. The van der Waals surface area contributed by atoms with Gasteiger partial charge in [0.2, 0.25) is 0 Å². The van der Waals surface area contributed by atoms with Gasteiger partial charge in [0.1, 0.15) is 11.8 Å². The monoisotopic (exact) mass is 505 g/mol. The van der Waals surface area contributed by atoms with Gasteiger partial charge in [-0.05, 0) is 12.8 Å². The average molecular weight is 505 g/mol. The number of nitrogens with two attached hydrogens (primary N) is 1. The number of anilines is 1. The molecule has 3 rings (SSSR count). The fraction of sp³-hybridized carbons (Fsp3) is 0.545. The van der Waals surface area contributed by atoms with Crippen LogP contribution in [0.1, 0.15) is 18.2 Å². The maximum atomic E-state index is 11.9. The van der Waals surface area contributed by atoms with Crippen LogP contribution in [0.5, 0.6) is 0 Å². The number of imidazole rings is 1. The summed E-state index contributed by atoms with van der Waals surface area (Å²) in [7, 11) is -14.7. The smallest absolute Gasteiger partial charge is 0.382 e. The minimum absolute atomic E-state index is 0.105. The lowest BCUT2D eigenvalue weighted by molar-refractivity contribution is 0.167. The number of hydrogen-bond donors (Lipinski definition) is 4. The van der Waals surface area contributed by atoms with Crippen LogP contribution in [-0.2, 0) is 31.4 Å². The number of rotatable bonds is 9. The van der Waals surface area contributed by atoms with E-state index in [1.165, 1.54) is 18.1 Å². The molecule has 1 fully saturated rings. The molecule has 1 aliphatic rings. The third kappa shape index (κ3) is 5.87. The van der Waals surface area contributed by atoms with E-state index in [4.69, 9.17) is 15.2 Å². The van der Waals surface area contributed by atoms with Gasteiger partial charge in [0.25, 0.3) is 0 Å². The van der Waals surface area contributed by atoms with E-state index in [-0.39, 0.29) is 23.0 Å². The van der Waals surface area contributed by atoms with Crippen molar-refractivity contribution >= 4 is 52.2 Å². The molecule has 0 aromatic carbocycles. The summed E-state index contributed by atoms with van der Waals surface area (Å²) in [6.07, 6.45) is 4.13. The molecule has 0 bridgehead atoms. The Balaban J connectivity index is 1.57. The number of nitrogens with zero attached hydrogens (tertiary/aromatic N) is 4. The van der Waals surface area contributed by atoms with Crippen LogP contribution >= 0.6 is 35.2 Å². The molecule has 168 valence electrons. The van der Waals surface area contributed by atoms with Crippen LogP contribution in [0, 0.1) is 0 Å². The van der Waals surface area contributed by atoms with Gasteiger partial charge < -0.3 is 25.0 Å². The van der Waals surface area contributed by atoms with Crippen LogP contribution in [0.15, 0.2) is 12.7 Å². The molecule has 0 radical (unpaired) electrons. The Morgan fingerprint density at radius 3 is 2.53 bits per heavy atom. The highest BCUT2D eigenvalue weighted by atomic mass is 32.2. The summed E-state index contributed by atoms with van der Waals surface area (Å²) in [6.45, 7) is -0.306. The van der Waals surface area contributed by atoms with E-state index in [1.807, 2.05) is 0 Å². The molecular formula is C11H18N5O10P3S. The molecule has 5 N–H and O–H groups in total. The molecule has 5 unspecified atom stereocenters. The highest BCUT2D eigenvalue weighted by Crippen LogP contribution is 2.67. The molecular weight excluding hydrogens is 487 g/mol. The molecule has 0 aliphatic carbocycles. The Kier molecular flexibility index (Phi) is 7.07. The van der Waals surface area contributed by atoms with Crippen molar-refractivity contribution in [3.63, 3.8) is 0 Å². The highest BCUT2D eigenvalue weighted by Gasteiger charge is 2.42. The number of fused-ring (bicyclic) bond motifs is 1. The fourth-order valence-corrected chi connectivity index (χ4v) is 7.42. The van der Waals surface area contributed by atoms with Gasteiger partial charge in [0, 0.05) is 12.4 Å². The van der Waals surface area contributed by atoms with Gasteiger partial charge in [0.05, 0.1) is 18.3 Å². The zero-order chi connectivity index (χ0) is 22.2. The summed E-state index contributed by atoms with van der Waals surface area (Å²) < 4.78 is 53.0. The van der Waals surface area contributed by atoms with Crippen molar-refractivity contribution in [1.82, 2.24) is 19.5 Å². The van der Waals surface area contributed by atoms with Crippen LogP contribution in [0.2, 0.25) is 0 Å². The van der Waals surface area contributed by atoms with Crippen LogP contribution in [-0.4, -0.2) is 53.2 Å². The first-order valence-corrected chi connectivity index (χ1v) is 13.5. The normalized spacial score (nSPS) is 25.6. The summed E-state index contributed by atoms with van der Waals surface area (Å²) in [5.41, 5.74) is 6.77. The molecule has 2 aromatic heterocycles. The summed E-state index contributed by atoms with van der Waals surface area (Å²) in [6, 6.07) is 0. The quantitative estimate of drug-likeness (QED) is 0.357. The maximum absolute atomic E-state index is 11.9. The topological polar surface area (TPSA) is 218 Å². The molecule has 1 saturated heterocycles. The van der Waals surface area contributed by atoms with Crippen LogP contribution in [0.4, 0.5) is 5.82 Å². The summed E-state index contributed by atoms with van der Waals surface area (Å²) in [5.74, 6) is 0.247. The second-order valence-corrected chi connectivity index (χ2v) is 12.1. The third-order valence-corrected chi connectivity index (χ3v) is 9.62. The summed E-state index contributed by atoms with van der Waals surface area (Å²) >= 11 is 1.40. The Bertz CT molecular complexity index is 1070. The van der Waals surface area contributed by atoms with Gasteiger partial charge in [-0.15, -0.1) is 11.8 Å². The number of thioether (sulfide) groups is 1. The molecule has 0 amide bonds. The maximum Gasteiger partial charge on any atom is 0.490 e. The van der Waals surface area contributed by atoms with Gasteiger partial charge in [-0.25, -0.2) is 28.6 Å². The fourth-order valence-electron chi connectivity index (χ4n) is 2.60. The minimum Gasteiger partial charge on any atom is -0.382 e. The molecule has 19 heteroatoms. The lowest BCUT2D eigenvalue weighted by atomic mass is 10.2. The Morgan fingerprint density at radius 2 is 1.83 bits per heavy atom. The van der Waals surface area contributed by atoms with Crippen LogP contribution < -0.4 is 5.73 Å². The minimum atomic E-state index is -5.42. The van der Waals surface area contributed by atoms with Gasteiger partial charge in [-0.1, -0.05) is 0 Å². The second-order valence-electron chi connectivity index (χ2n) is 5.92. The Hall–Kier alpha value is -0.890. The van der Waals surface area contributed by atoms with Crippen molar-refractivity contribution in [2.45, 2.75) is 23.5 Å². The van der Waals surface area contributed by atoms with E-state index in [0.29, 0.717) is 24.0 Å². The highest BCUT2D eigenvalue weighted by molar-refractivity contribution is 8.00. The number of phosphoric ester groups is 2. The van der Waals surface area contributed by atoms with Crippen LogP contribution in [0.3, 0.4) is 0 Å². The molecule has 15 nitrogen and oxygen atoms in total. The van der Waals surface area contributed by atoms with E-state index in [2.05, 4.69) is 28.1 Å². The van der Waals surface area contributed by atoms with E-state index in [0.717, 1.165) is 7.11 Å². The largest absolute Gasteiger partial charge is 0.490 e. The van der Waals surface area contributed by atoms with E-state index < -0.39 is 23.5 Å². The first kappa shape index (κ1) is 23.8. The van der Waals surface area contributed by atoms with Gasteiger partial charge >= 0.3 is 23.5 Å². The lowest BCUT2D eigenvalue weighted by Crippen LogP contribution is -2.08. The van der Waals surface area contributed by atoms with Crippen molar-refractivity contribution in [2.75, 3.05) is 19.5 Å². The zero-order valence-corrected chi connectivity index (χ0v) is 18.7. The van der Waals surface area contributed by atoms with Crippen molar-refractivity contribution in [2.24, 2.45) is 0 Å². The van der Waals surface area contributed by atoms with Crippen molar-refractivity contribution < 1.29 is 46.0 Å². The Labute approximate surface area is 173 Å². The SMILES string of the molecule is COP(=O)(O)OP(=O)(O)OP(=O)(O)OCC1CCC(n2cnc3c(N)ncnc32)S1. The second kappa shape index (κ2) is 8.93. The number of nitrogen functional groups attached to an aromatic ring is 1. The predicted molar refractivity (Wildman–Crippen MR) is 104 cm³/mol. The van der Waals surface area contributed by atoms with E-state index in [1.54, 1.807) is 10.9 Å². The van der Waals surface area contributed by atoms with Gasteiger partial charge in [-0.3, -0.25) is 9.05 Å². The Morgan fingerprint density at radius 1 is 1.13 bits per heavy atom. The first-order valence-electron chi connectivity index (χ1n) is 8.11. The number of phosphoric acid groups is 3. The number of aromatic nitrogens is 4. The first-order chi connectivity index (χ1) is 13.9. The average Bonchev–Trinajstić information content (AvgIpc) is 3.25. The molecule has 0 spiro atoms. The van der Waals surface area contributed by atoms with Crippen molar-refractivity contribution in [3.05, 3.63) is 12.7 Å². The van der Waals surface area contributed by atoms with Gasteiger partial charge in [0.15, 0.2) is 11.5 Å². The third-order valence-electron chi connectivity index (χ3n) is 3.85. The molecule has 0 saturated carbocycles. The van der Waals surface area contributed by atoms with E-state index in [9.17, 15) is 23.5 Å². The summed E-state index contributed by atoms with van der Waals surface area (Å²) in [5, 5.41) is -0.372. The molecule has 1 aliphatic heterocycles. The van der Waals surface area contributed by atoms with Crippen LogP contribution in [0.25, 0.3) is 11.2 Å². The van der Waals surface area contributed by atoms with Gasteiger partial charge in [-0.2, -0.15) is 8.62 Å². The number of hydrogen-bond acceptors (Lipinski definition) is 12. The molecule has 30 heavy (non-hydrogen) atoms. The van der Waals surface area contributed by atoms with Crippen molar-refractivity contribution in [1.29, 1.82) is 0 Å². The molecule has 3 heterocycles. The lowest BCUT2D eigenvalue weighted by Gasteiger charge is -2.18. The van der Waals surface area contributed by atoms with E-state index >= 15 is 0 Å². The predicted octanol–water partition coefficient (Wildman–Crippen LogP) is 1.80. The standard InChI is InChI=1S/C11H18N5O10P3S/c1-23-27(17,18)25-29(21,22)26-28(19,20)24-4-7-2-3-8(30-7)16-6-15-9-10(12)13-5-14-11(9)16/h5-8H,2-4H2,1H3,(H,17,18)(H,19,20)(H,21,22)(H2,12,13,14). The molecule has 5 atom stereocenters.